The van der Waals surface area contributed by atoms with E-state index in [0.29, 0.717) is 5.92 Å². The summed E-state index contributed by atoms with van der Waals surface area (Å²) in [5.74, 6) is 1.31. The molecule has 2 atom stereocenters. The second-order valence-electron chi connectivity index (χ2n) is 5.75. The smallest absolute Gasteiger partial charge is 0.122 e. The first kappa shape index (κ1) is 14.4. The maximum atomic E-state index is 10.6. The van der Waals surface area contributed by atoms with Gasteiger partial charge >= 0.3 is 0 Å². The molecule has 3 heteroatoms. The van der Waals surface area contributed by atoms with Gasteiger partial charge < -0.3 is 15.2 Å². The molecule has 1 aromatic rings. The number of aryl methyl sites for hydroxylation is 1. The maximum Gasteiger partial charge on any atom is 0.122 e. The summed E-state index contributed by atoms with van der Waals surface area (Å²) >= 11 is 0. The first-order chi connectivity index (χ1) is 9.04. The van der Waals surface area contributed by atoms with Crippen molar-refractivity contribution in [2.75, 3.05) is 13.7 Å². The van der Waals surface area contributed by atoms with Gasteiger partial charge in [-0.15, -0.1) is 0 Å². The zero-order valence-electron chi connectivity index (χ0n) is 12.4. The van der Waals surface area contributed by atoms with Crippen LogP contribution in [-0.2, 0) is 0 Å². The van der Waals surface area contributed by atoms with E-state index in [4.69, 9.17) is 4.74 Å². The monoisotopic (exact) mass is 263 g/mol. The number of aliphatic hydroxyl groups is 1. The number of aliphatic hydroxyl groups excluding tert-OH is 1. The van der Waals surface area contributed by atoms with Crippen molar-refractivity contribution in [3.63, 3.8) is 0 Å². The molecule has 1 aliphatic heterocycles. The molecule has 2 N–H and O–H groups in total. The standard InChI is InChI=1S/C16H25NO2/c1-10(2)12-9-13(11(3)8-15(12)19-4)16(18)14-6-5-7-17-14/h8-10,14,16-18H,5-7H2,1-4H3. The lowest BCUT2D eigenvalue weighted by atomic mass is 9.91. The van der Waals surface area contributed by atoms with Crippen molar-refractivity contribution in [2.45, 2.75) is 51.7 Å². The van der Waals surface area contributed by atoms with Crippen molar-refractivity contribution in [1.82, 2.24) is 5.32 Å². The Labute approximate surface area is 116 Å². The van der Waals surface area contributed by atoms with Gasteiger partial charge in [-0.05, 0) is 61.1 Å². The number of hydrogen-bond acceptors (Lipinski definition) is 3. The van der Waals surface area contributed by atoms with Crippen LogP contribution < -0.4 is 10.1 Å². The number of rotatable bonds is 4. The van der Waals surface area contributed by atoms with Gasteiger partial charge in [-0.2, -0.15) is 0 Å². The summed E-state index contributed by atoms with van der Waals surface area (Å²) in [5, 5.41) is 13.9. The zero-order chi connectivity index (χ0) is 14.0. The minimum atomic E-state index is -0.425. The summed E-state index contributed by atoms with van der Waals surface area (Å²) in [5.41, 5.74) is 3.30. The van der Waals surface area contributed by atoms with Crippen molar-refractivity contribution in [2.24, 2.45) is 0 Å². The van der Waals surface area contributed by atoms with E-state index in [1.807, 2.05) is 13.0 Å². The molecule has 1 fully saturated rings. The minimum Gasteiger partial charge on any atom is -0.496 e. The molecule has 0 amide bonds. The summed E-state index contributed by atoms with van der Waals surface area (Å²) in [4.78, 5) is 0. The van der Waals surface area contributed by atoms with Gasteiger partial charge in [0.25, 0.3) is 0 Å². The topological polar surface area (TPSA) is 41.5 Å². The van der Waals surface area contributed by atoms with Crippen LogP contribution in [0.15, 0.2) is 12.1 Å². The van der Waals surface area contributed by atoms with Crippen LogP contribution >= 0.6 is 0 Å². The fourth-order valence-corrected chi connectivity index (χ4v) is 2.86. The molecule has 2 unspecified atom stereocenters. The number of benzene rings is 1. The minimum absolute atomic E-state index is 0.187. The Morgan fingerprint density at radius 2 is 2.05 bits per heavy atom. The predicted molar refractivity (Wildman–Crippen MR) is 77.8 cm³/mol. The Morgan fingerprint density at radius 1 is 1.32 bits per heavy atom. The summed E-state index contributed by atoms with van der Waals surface area (Å²) < 4.78 is 5.45. The molecule has 0 spiro atoms. The van der Waals surface area contributed by atoms with Gasteiger partial charge in [0.2, 0.25) is 0 Å². The van der Waals surface area contributed by atoms with Crippen LogP contribution in [0, 0.1) is 6.92 Å². The van der Waals surface area contributed by atoms with Crippen molar-refractivity contribution >= 4 is 0 Å². The predicted octanol–water partition coefficient (Wildman–Crippen LogP) is 2.91. The molecular weight excluding hydrogens is 238 g/mol. The molecule has 1 heterocycles. The molecule has 2 rings (SSSR count). The Balaban J connectivity index is 2.36. The third kappa shape index (κ3) is 2.93. The summed E-state index contributed by atoms with van der Waals surface area (Å²) in [6, 6.07) is 4.35. The van der Waals surface area contributed by atoms with Crippen molar-refractivity contribution in [1.29, 1.82) is 0 Å². The van der Waals surface area contributed by atoms with Gasteiger partial charge in [0.15, 0.2) is 0 Å². The molecular formula is C16H25NO2. The molecule has 0 bridgehead atoms. The molecule has 19 heavy (non-hydrogen) atoms. The Kier molecular flexibility index (Phi) is 4.48. The van der Waals surface area contributed by atoms with Gasteiger partial charge in [0, 0.05) is 6.04 Å². The van der Waals surface area contributed by atoms with Crippen molar-refractivity contribution in [3.05, 3.63) is 28.8 Å². The zero-order valence-corrected chi connectivity index (χ0v) is 12.4. The van der Waals surface area contributed by atoms with Crippen LogP contribution in [0.1, 0.15) is 55.4 Å². The lowest BCUT2D eigenvalue weighted by molar-refractivity contribution is 0.136. The van der Waals surface area contributed by atoms with E-state index in [1.54, 1.807) is 7.11 Å². The Hall–Kier alpha value is -1.06. The van der Waals surface area contributed by atoms with Crippen LogP contribution in [-0.4, -0.2) is 24.8 Å². The number of methoxy groups -OCH3 is 1. The van der Waals surface area contributed by atoms with Crippen LogP contribution in [0.3, 0.4) is 0 Å². The van der Waals surface area contributed by atoms with Gasteiger partial charge in [0.05, 0.1) is 13.2 Å². The molecule has 1 saturated heterocycles. The van der Waals surface area contributed by atoms with Crippen LogP contribution in [0.5, 0.6) is 5.75 Å². The lowest BCUT2D eigenvalue weighted by Gasteiger charge is -2.23. The van der Waals surface area contributed by atoms with Crippen LogP contribution in [0.25, 0.3) is 0 Å². The first-order valence-electron chi connectivity index (χ1n) is 7.14. The second kappa shape index (κ2) is 5.93. The van der Waals surface area contributed by atoms with Gasteiger partial charge in [-0.1, -0.05) is 13.8 Å². The van der Waals surface area contributed by atoms with E-state index in [1.165, 1.54) is 5.56 Å². The molecule has 0 saturated carbocycles. The van der Waals surface area contributed by atoms with Gasteiger partial charge in [-0.3, -0.25) is 0 Å². The largest absolute Gasteiger partial charge is 0.496 e. The summed E-state index contributed by atoms with van der Waals surface area (Å²) in [7, 11) is 1.70. The SMILES string of the molecule is COc1cc(C)c(C(O)C2CCCN2)cc1C(C)C. The molecule has 0 aliphatic carbocycles. The highest BCUT2D eigenvalue weighted by atomic mass is 16.5. The summed E-state index contributed by atoms with van der Waals surface area (Å²) in [6.07, 6.45) is 1.77. The van der Waals surface area contributed by atoms with E-state index < -0.39 is 6.10 Å². The molecule has 0 aromatic heterocycles. The van der Waals surface area contributed by atoms with Crippen molar-refractivity contribution < 1.29 is 9.84 Å². The second-order valence-corrected chi connectivity index (χ2v) is 5.75. The third-order valence-electron chi connectivity index (χ3n) is 4.04. The number of ether oxygens (including phenoxy) is 1. The van der Waals surface area contributed by atoms with E-state index in [9.17, 15) is 5.11 Å². The first-order valence-corrected chi connectivity index (χ1v) is 7.14. The molecule has 0 radical (unpaired) electrons. The van der Waals surface area contributed by atoms with Gasteiger partial charge in [0.1, 0.15) is 5.75 Å². The lowest BCUT2D eigenvalue weighted by Crippen LogP contribution is -2.29. The highest BCUT2D eigenvalue weighted by molar-refractivity contribution is 5.45. The van der Waals surface area contributed by atoms with Crippen LogP contribution in [0.2, 0.25) is 0 Å². The normalized spacial score (nSPS) is 20.8. The number of nitrogens with one attached hydrogen (secondary N) is 1. The van der Waals surface area contributed by atoms with E-state index in [-0.39, 0.29) is 6.04 Å². The quantitative estimate of drug-likeness (QED) is 0.877. The van der Waals surface area contributed by atoms with E-state index >= 15 is 0 Å². The van der Waals surface area contributed by atoms with Gasteiger partial charge in [-0.25, -0.2) is 0 Å². The summed E-state index contributed by atoms with van der Waals surface area (Å²) in [6.45, 7) is 7.35. The fourth-order valence-electron chi connectivity index (χ4n) is 2.86. The number of hydrogen-bond donors (Lipinski definition) is 2. The average Bonchev–Trinajstić information content (AvgIpc) is 2.91. The highest BCUT2D eigenvalue weighted by Crippen LogP contribution is 2.34. The van der Waals surface area contributed by atoms with E-state index in [0.717, 1.165) is 36.3 Å². The molecule has 3 nitrogen and oxygen atoms in total. The molecule has 1 aliphatic rings. The molecule has 106 valence electrons. The molecule has 1 aromatic carbocycles. The fraction of sp³-hybridized carbons (Fsp3) is 0.625. The van der Waals surface area contributed by atoms with E-state index in [2.05, 4.69) is 25.2 Å². The Morgan fingerprint density at radius 3 is 2.58 bits per heavy atom. The Bertz CT molecular complexity index is 437. The maximum absolute atomic E-state index is 10.6. The van der Waals surface area contributed by atoms with Crippen LogP contribution in [0.4, 0.5) is 0 Å². The third-order valence-corrected chi connectivity index (χ3v) is 4.04. The highest BCUT2D eigenvalue weighted by Gasteiger charge is 2.26. The average molecular weight is 263 g/mol. The van der Waals surface area contributed by atoms with Crippen molar-refractivity contribution in [3.8, 4) is 5.75 Å².